The maximum Gasteiger partial charge on any atom is 0.224 e. The molecule has 1 saturated heterocycles. The van der Waals surface area contributed by atoms with E-state index in [1.807, 2.05) is 11.8 Å². The molecule has 0 aromatic rings. The maximum atomic E-state index is 12.3. The van der Waals surface area contributed by atoms with Crippen molar-refractivity contribution >= 4 is 11.8 Å². The van der Waals surface area contributed by atoms with E-state index in [1.165, 1.54) is 32.1 Å². The van der Waals surface area contributed by atoms with Gasteiger partial charge in [-0.05, 0) is 32.7 Å². The Labute approximate surface area is 140 Å². The zero-order valence-electron chi connectivity index (χ0n) is 14.9. The molecule has 1 atom stereocenters. The van der Waals surface area contributed by atoms with E-state index in [9.17, 15) is 9.59 Å². The first-order valence-electron chi connectivity index (χ1n) is 9.37. The molecular formula is C18H33N3O2. The van der Waals surface area contributed by atoms with Gasteiger partial charge in [-0.15, -0.1) is 0 Å². The van der Waals surface area contributed by atoms with Gasteiger partial charge in [0.05, 0.1) is 5.92 Å². The van der Waals surface area contributed by atoms with Crippen molar-refractivity contribution in [3.8, 4) is 0 Å². The molecule has 1 aliphatic carbocycles. The van der Waals surface area contributed by atoms with E-state index in [4.69, 9.17) is 0 Å². The van der Waals surface area contributed by atoms with Crippen molar-refractivity contribution in [1.29, 1.82) is 0 Å². The van der Waals surface area contributed by atoms with Crippen molar-refractivity contribution in [3.63, 3.8) is 0 Å². The Morgan fingerprint density at radius 3 is 2.57 bits per heavy atom. The summed E-state index contributed by atoms with van der Waals surface area (Å²) in [6.07, 6.45) is 9.00. The summed E-state index contributed by atoms with van der Waals surface area (Å²) in [5.74, 6) is 0.259. The smallest absolute Gasteiger partial charge is 0.224 e. The summed E-state index contributed by atoms with van der Waals surface area (Å²) >= 11 is 0. The van der Waals surface area contributed by atoms with Gasteiger partial charge in [-0.25, -0.2) is 0 Å². The van der Waals surface area contributed by atoms with Crippen LogP contribution in [0.5, 0.6) is 0 Å². The summed E-state index contributed by atoms with van der Waals surface area (Å²) in [5.41, 5.74) is 0. The van der Waals surface area contributed by atoms with E-state index in [-0.39, 0.29) is 17.7 Å². The predicted octanol–water partition coefficient (Wildman–Crippen LogP) is 2.02. The highest BCUT2D eigenvalue weighted by Gasteiger charge is 2.27. The lowest BCUT2D eigenvalue weighted by molar-refractivity contribution is -0.135. The van der Waals surface area contributed by atoms with Gasteiger partial charge < -0.3 is 15.1 Å². The van der Waals surface area contributed by atoms with Gasteiger partial charge in [0, 0.05) is 38.6 Å². The number of nitrogens with one attached hydrogen (secondary N) is 1. The molecule has 0 spiro atoms. The molecule has 2 rings (SSSR count). The van der Waals surface area contributed by atoms with Crippen LogP contribution >= 0.6 is 0 Å². The van der Waals surface area contributed by atoms with Crippen molar-refractivity contribution in [3.05, 3.63) is 0 Å². The minimum Gasteiger partial charge on any atom is -0.355 e. The van der Waals surface area contributed by atoms with Crippen molar-refractivity contribution in [2.24, 2.45) is 5.92 Å². The van der Waals surface area contributed by atoms with E-state index in [1.54, 1.807) is 0 Å². The van der Waals surface area contributed by atoms with Gasteiger partial charge >= 0.3 is 0 Å². The Kier molecular flexibility index (Phi) is 7.34. The summed E-state index contributed by atoms with van der Waals surface area (Å²) in [6, 6.07) is 0.688. The minimum absolute atomic E-state index is 0.0285. The maximum absolute atomic E-state index is 12.3. The van der Waals surface area contributed by atoms with E-state index < -0.39 is 0 Å². The fourth-order valence-corrected chi connectivity index (χ4v) is 3.85. The second-order valence-electron chi connectivity index (χ2n) is 7.10. The molecule has 1 heterocycles. The van der Waals surface area contributed by atoms with Crippen LogP contribution < -0.4 is 5.32 Å². The first kappa shape index (κ1) is 18.2. The Bertz CT molecular complexity index is 394. The summed E-state index contributed by atoms with van der Waals surface area (Å²) < 4.78 is 0. The fourth-order valence-electron chi connectivity index (χ4n) is 3.85. The highest BCUT2D eigenvalue weighted by Crippen LogP contribution is 2.21. The average molecular weight is 323 g/mol. The van der Waals surface area contributed by atoms with Crippen LogP contribution in [0.3, 0.4) is 0 Å². The molecule has 1 unspecified atom stereocenters. The molecule has 0 bridgehead atoms. The lowest BCUT2D eigenvalue weighted by atomic mass is 9.94. The monoisotopic (exact) mass is 323 g/mol. The van der Waals surface area contributed by atoms with Crippen LogP contribution in [-0.2, 0) is 9.59 Å². The molecule has 5 heteroatoms. The Morgan fingerprint density at radius 2 is 1.87 bits per heavy atom. The minimum atomic E-state index is -0.0285. The molecule has 2 aliphatic rings. The van der Waals surface area contributed by atoms with Crippen molar-refractivity contribution < 1.29 is 9.59 Å². The van der Waals surface area contributed by atoms with E-state index in [0.717, 1.165) is 25.9 Å². The lowest BCUT2D eigenvalue weighted by Gasteiger charge is -2.33. The molecule has 0 aromatic heterocycles. The summed E-state index contributed by atoms with van der Waals surface area (Å²) in [5, 5.41) is 3.08. The zero-order chi connectivity index (χ0) is 16.7. The first-order valence-corrected chi connectivity index (χ1v) is 9.37. The van der Waals surface area contributed by atoms with E-state index in [2.05, 4.69) is 17.3 Å². The van der Waals surface area contributed by atoms with Crippen LogP contribution in [0.2, 0.25) is 0 Å². The molecule has 23 heavy (non-hydrogen) atoms. The van der Waals surface area contributed by atoms with Crippen molar-refractivity contribution in [2.75, 3.05) is 33.2 Å². The SMILES string of the molecule is CCC(=O)N1CCCC(C(=O)NCCN(C)C2CCCCC2)C1. The number of amides is 2. The molecule has 2 amide bonds. The van der Waals surface area contributed by atoms with Gasteiger partial charge in [0.1, 0.15) is 0 Å². The van der Waals surface area contributed by atoms with E-state index in [0.29, 0.717) is 25.6 Å². The second kappa shape index (κ2) is 9.26. The topological polar surface area (TPSA) is 52.7 Å². The summed E-state index contributed by atoms with van der Waals surface area (Å²) in [4.78, 5) is 28.4. The predicted molar refractivity (Wildman–Crippen MR) is 92.1 cm³/mol. The van der Waals surface area contributed by atoms with Crippen LogP contribution in [-0.4, -0.2) is 60.9 Å². The summed E-state index contributed by atoms with van der Waals surface area (Å²) in [6.45, 7) is 4.91. The number of hydrogen-bond donors (Lipinski definition) is 1. The molecular weight excluding hydrogens is 290 g/mol. The Morgan fingerprint density at radius 1 is 1.13 bits per heavy atom. The third-order valence-corrected chi connectivity index (χ3v) is 5.41. The number of nitrogens with zero attached hydrogens (tertiary/aromatic N) is 2. The fraction of sp³-hybridized carbons (Fsp3) is 0.889. The van der Waals surface area contributed by atoms with E-state index >= 15 is 0 Å². The van der Waals surface area contributed by atoms with Gasteiger partial charge in [0.2, 0.25) is 11.8 Å². The number of carbonyl (C=O) groups is 2. The van der Waals surface area contributed by atoms with Crippen LogP contribution in [0.15, 0.2) is 0 Å². The third kappa shape index (κ3) is 5.48. The molecule has 0 aromatic carbocycles. The molecule has 1 saturated carbocycles. The highest BCUT2D eigenvalue weighted by atomic mass is 16.2. The molecule has 5 nitrogen and oxygen atoms in total. The molecule has 2 fully saturated rings. The number of piperidine rings is 1. The summed E-state index contributed by atoms with van der Waals surface area (Å²) in [7, 11) is 2.17. The standard InChI is InChI=1S/C18H33N3O2/c1-3-17(22)21-12-7-8-15(14-21)18(23)19-11-13-20(2)16-9-5-4-6-10-16/h15-16H,3-14H2,1-2H3,(H,19,23). The van der Waals surface area contributed by atoms with Crippen LogP contribution in [0.4, 0.5) is 0 Å². The van der Waals surface area contributed by atoms with Gasteiger partial charge in [0.15, 0.2) is 0 Å². The van der Waals surface area contributed by atoms with Crippen LogP contribution in [0.1, 0.15) is 58.3 Å². The number of hydrogen-bond acceptors (Lipinski definition) is 3. The molecule has 1 aliphatic heterocycles. The van der Waals surface area contributed by atoms with Crippen LogP contribution in [0.25, 0.3) is 0 Å². The highest BCUT2D eigenvalue weighted by molar-refractivity contribution is 5.81. The van der Waals surface area contributed by atoms with Crippen molar-refractivity contribution in [1.82, 2.24) is 15.1 Å². The third-order valence-electron chi connectivity index (χ3n) is 5.41. The van der Waals surface area contributed by atoms with Gasteiger partial charge in [-0.2, -0.15) is 0 Å². The number of likely N-dealkylation sites (tertiary alicyclic amines) is 1. The zero-order valence-corrected chi connectivity index (χ0v) is 14.9. The second-order valence-corrected chi connectivity index (χ2v) is 7.10. The lowest BCUT2D eigenvalue weighted by Crippen LogP contribution is -2.46. The van der Waals surface area contributed by atoms with Crippen molar-refractivity contribution in [2.45, 2.75) is 64.3 Å². The van der Waals surface area contributed by atoms with Crippen LogP contribution in [0, 0.1) is 5.92 Å². The first-order chi connectivity index (χ1) is 11.1. The molecule has 132 valence electrons. The quantitative estimate of drug-likeness (QED) is 0.813. The number of carbonyl (C=O) groups excluding carboxylic acids is 2. The Balaban J connectivity index is 1.68. The number of rotatable bonds is 6. The normalized spacial score (nSPS) is 23.1. The largest absolute Gasteiger partial charge is 0.355 e. The van der Waals surface area contributed by atoms with Gasteiger partial charge in [-0.1, -0.05) is 26.2 Å². The molecule has 1 N–H and O–H groups in total. The average Bonchev–Trinajstić information content (AvgIpc) is 2.61. The van der Waals surface area contributed by atoms with Gasteiger partial charge in [-0.3, -0.25) is 9.59 Å². The Hall–Kier alpha value is -1.10. The number of likely N-dealkylation sites (N-methyl/N-ethyl adjacent to an activating group) is 1. The molecule has 0 radical (unpaired) electrons. The van der Waals surface area contributed by atoms with Gasteiger partial charge in [0.25, 0.3) is 0 Å².